The molecule has 3 heterocycles. The summed E-state index contributed by atoms with van der Waals surface area (Å²) in [6, 6.07) is 21.0. The minimum Gasteiger partial charge on any atom is -0.338 e. The Bertz CT molecular complexity index is 1900. The van der Waals surface area contributed by atoms with Gasteiger partial charge in [-0.1, -0.05) is 82.3 Å². The summed E-state index contributed by atoms with van der Waals surface area (Å²) in [4.78, 5) is 2.47. The Kier molecular flexibility index (Phi) is 4.51. The summed E-state index contributed by atoms with van der Waals surface area (Å²) in [7, 11) is 0. The number of hydrogen-bond donors (Lipinski definition) is 0. The quantitative estimate of drug-likeness (QED) is 0.283. The number of allylic oxidation sites excluding steroid dienone is 4. The molecule has 3 heteroatoms. The van der Waals surface area contributed by atoms with E-state index in [0.717, 1.165) is 24.9 Å². The van der Waals surface area contributed by atoms with E-state index in [1.54, 1.807) is 12.1 Å². The lowest BCUT2D eigenvalue weighted by molar-refractivity contribution is 0.582. The molecule has 0 radical (unpaired) electrons. The number of para-hydroxylation sites is 2. The maximum Gasteiger partial charge on any atom is 0.123 e. The van der Waals surface area contributed by atoms with Gasteiger partial charge in [-0.05, 0) is 71.9 Å². The van der Waals surface area contributed by atoms with Crippen molar-refractivity contribution >= 4 is 28.2 Å². The number of nitrogens with zero attached hydrogens (tertiary/aromatic N) is 2. The molecule has 194 valence electrons. The van der Waals surface area contributed by atoms with Gasteiger partial charge < -0.3 is 9.47 Å². The fraction of sp³-hybridized carbons (Fsp3) is 0.278. The Morgan fingerprint density at radius 2 is 1.59 bits per heavy atom. The standard InChI is InChI=1S/C36H33FN2/c1-35(2)28-13-8-12-26-27-20-25(38(23-10-6-5-7-11-23)24-18-16-22(37)17-19-24)21-31-33(27)39(32(26)28)34-29(35)14-9-15-30(34)36(31,3)4/h5-6,8-10,12-20,25H,7,11,21H2,1-4H3. The highest BCUT2D eigenvalue weighted by Crippen LogP contribution is 2.50. The Morgan fingerprint density at radius 3 is 2.33 bits per heavy atom. The molecule has 0 fully saturated rings. The molecule has 4 aliphatic rings. The van der Waals surface area contributed by atoms with Gasteiger partial charge >= 0.3 is 0 Å². The second-order valence-corrected chi connectivity index (χ2v) is 12.6. The molecule has 8 rings (SSSR count). The second-order valence-electron chi connectivity index (χ2n) is 12.6. The average Bonchev–Trinajstić information content (AvgIpc) is 3.27. The zero-order valence-corrected chi connectivity index (χ0v) is 23.1. The minimum absolute atomic E-state index is 0.0752. The summed E-state index contributed by atoms with van der Waals surface area (Å²) >= 11 is 0. The maximum absolute atomic E-state index is 14.0. The maximum atomic E-state index is 14.0. The van der Waals surface area contributed by atoms with Crippen molar-refractivity contribution in [2.75, 3.05) is 4.90 Å². The van der Waals surface area contributed by atoms with Crippen molar-refractivity contribution in [3.8, 4) is 5.69 Å². The first kappa shape index (κ1) is 23.1. The predicted octanol–water partition coefficient (Wildman–Crippen LogP) is 7.14. The van der Waals surface area contributed by atoms with Gasteiger partial charge in [0, 0.05) is 32.8 Å². The molecular formula is C36H33FN2. The van der Waals surface area contributed by atoms with Gasteiger partial charge in [0.05, 0.1) is 22.6 Å². The van der Waals surface area contributed by atoms with E-state index >= 15 is 0 Å². The number of halogens is 1. The fourth-order valence-corrected chi connectivity index (χ4v) is 7.89. The van der Waals surface area contributed by atoms with E-state index in [0.29, 0.717) is 0 Å². The fourth-order valence-electron chi connectivity index (χ4n) is 7.89. The van der Waals surface area contributed by atoms with E-state index in [2.05, 4.69) is 97.9 Å². The number of hydrogen-bond acceptors (Lipinski definition) is 1. The average molecular weight is 513 g/mol. The van der Waals surface area contributed by atoms with Crippen LogP contribution in [-0.4, -0.2) is 10.6 Å². The summed E-state index contributed by atoms with van der Waals surface area (Å²) in [5.74, 6) is -0.196. The lowest BCUT2D eigenvalue weighted by Gasteiger charge is -2.44. The van der Waals surface area contributed by atoms with Crippen molar-refractivity contribution in [2.24, 2.45) is 0 Å². The molecule has 39 heavy (non-hydrogen) atoms. The topological polar surface area (TPSA) is 8.17 Å². The first-order valence-electron chi connectivity index (χ1n) is 14.2. The van der Waals surface area contributed by atoms with E-state index in [-0.39, 0.29) is 22.7 Å². The molecule has 0 amide bonds. The number of fused-ring (bicyclic) bond motifs is 1. The Hall–Kier alpha value is -3.85. The molecule has 3 aromatic carbocycles. The molecule has 0 bridgehead atoms. The van der Waals surface area contributed by atoms with Gasteiger partial charge in [-0.25, -0.2) is 4.39 Å². The zero-order chi connectivity index (χ0) is 26.7. The lowest BCUT2D eigenvalue weighted by atomic mass is 9.67. The first-order valence-corrected chi connectivity index (χ1v) is 14.2. The summed E-state index contributed by atoms with van der Waals surface area (Å²) in [6.45, 7) is 9.59. The van der Waals surface area contributed by atoms with E-state index in [9.17, 15) is 4.39 Å². The Morgan fingerprint density at radius 1 is 0.872 bits per heavy atom. The normalized spacial score (nSPS) is 21.0. The number of rotatable bonds is 3. The number of anilines is 1. The van der Waals surface area contributed by atoms with Crippen molar-refractivity contribution in [3.63, 3.8) is 0 Å². The molecule has 4 aromatic rings. The molecule has 0 saturated carbocycles. The molecule has 1 aromatic heterocycles. The Labute approximate surface area is 229 Å². The highest BCUT2D eigenvalue weighted by Gasteiger charge is 2.44. The number of aromatic nitrogens is 1. The van der Waals surface area contributed by atoms with Crippen LogP contribution in [0.5, 0.6) is 0 Å². The highest BCUT2D eigenvalue weighted by molar-refractivity contribution is 5.94. The SMILES string of the molecule is CC1(C)C2=c3c(c4cccc5c4n3-c3c1cccc3C5(C)C)=CC(N(C1=CC=CCC1)c1ccc(F)cc1)C2. The van der Waals surface area contributed by atoms with Crippen LogP contribution >= 0.6 is 0 Å². The van der Waals surface area contributed by atoms with Crippen molar-refractivity contribution in [1.29, 1.82) is 0 Å². The minimum atomic E-state index is -0.196. The molecule has 2 aliphatic carbocycles. The van der Waals surface area contributed by atoms with Crippen LogP contribution in [0, 0.1) is 5.82 Å². The summed E-state index contributed by atoms with van der Waals surface area (Å²) in [5, 5.41) is 4.08. The van der Waals surface area contributed by atoms with Gasteiger partial charge in [-0.3, -0.25) is 0 Å². The van der Waals surface area contributed by atoms with E-state index < -0.39 is 0 Å². The Balaban J connectivity index is 1.47. The third-order valence-corrected chi connectivity index (χ3v) is 9.86. The summed E-state index contributed by atoms with van der Waals surface area (Å²) in [6.07, 6.45) is 12.1. The van der Waals surface area contributed by atoms with Crippen LogP contribution in [0.4, 0.5) is 10.1 Å². The molecule has 0 N–H and O–H groups in total. The third kappa shape index (κ3) is 2.91. The third-order valence-electron chi connectivity index (χ3n) is 9.86. The van der Waals surface area contributed by atoms with Crippen molar-refractivity contribution in [2.45, 2.75) is 63.8 Å². The molecular weight excluding hydrogens is 479 g/mol. The van der Waals surface area contributed by atoms with Crippen LogP contribution in [0.25, 0.3) is 28.2 Å². The van der Waals surface area contributed by atoms with Gasteiger partial charge in [0.1, 0.15) is 5.82 Å². The highest BCUT2D eigenvalue weighted by atomic mass is 19.1. The predicted molar refractivity (Wildman–Crippen MR) is 159 cm³/mol. The van der Waals surface area contributed by atoms with E-state index in [1.807, 2.05) is 12.1 Å². The molecule has 0 saturated heterocycles. The lowest BCUT2D eigenvalue weighted by Crippen LogP contribution is -2.49. The van der Waals surface area contributed by atoms with Gasteiger partial charge in [-0.15, -0.1) is 0 Å². The van der Waals surface area contributed by atoms with E-state index in [4.69, 9.17) is 0 Å². The second kappa shape index (κ2) is 7.63. The van der Waals surface area contributed by atoms with Crippen molar-refractivity contribution in [3.05, 3.63) is 118 Å². The molecule has 1 unspecified atom stereocenters. The van der Waals surface area contributed by atoms with Crippen molar-refractivity contribution < 1.29 is 4.39 Å². The van der Waals surface area contributed by atoms with Gasteiger partial charge in [0.15, 0.2) is 0 Å². The van der Waals surface area contributed by atoms with Gasteiger partial charge in [0.2, 0.25) is 0 Å². The van der Waals surface area contributed by atoms with Crippen LogP contribution in [0.1, 0.15) is 63.6 Å². The van der Waals surface area contributed by atoms with Crippen LogP contribution in [0.15, 0.2) is 84.6 Å². The first-order chi connectivity index (χ1) is 18.8. The van der Waals surface area contributed by atoms with E-state index in [1.165, 1.54) is 55.1 Å². The van der Waals surface area contributed by atoms with Gasteiger partial charge in [-0.2, -0.15) is 0 Å². The summed E-state index contributed by atoms with van der Waals surface area (Å²) in [5.41, 5.74) is 10.6. The molecule has 2 nitrogen and oxygen atoms in total. The van der Waals surface area contributed by atoms with Crippen LogP contribution in [0.3, 0.4) is 0 Å². The zero-order valence-electron chi connectivity index (χ0n) is 23.1. The van der Waals surface area contributed by atoms with Crippen LogP contribution in [0.2, 0.25) is 0 Å². The number of benzene rings is 3. The molecule has 1 atom stereocenters. The largest absolute Gasteiger partial charge is 0.338 e. The monoisotopic (exact) mass is 512 g/mol. The smallest absolute Gasteiger partial charge is 0.123 e. The molecule has 0 spiro atoms. The van der Waals surface area contributed by atoms with Crippen molar-refractivity contribution in [1.82, 2.24) is 4.57 Å². The van der Waals surface area contributed by atoms with Gasteiger partial charge in [0.25, 0.3) is 0 Å². The molecule has 2 aliphatic heterocycles. The summed E-state index contributed by atoms with van der Waals surface area (Å²) < 4.78 is 16.6. The van der Waals surface area contributed by atoms with Crippen LogP contribution in [-0.2, 0) is 10.8 Å². The van der Waals surface area contributed by atoms with Crippen LogP contribution < -0.4 is 15.5 Å².